The van der Waals surface area contributed by atoms with Gasteiger partial charge in [-0.05, 0) is 41.6 Å². The number of sulfonamides is 1. The number of hydrogen-bond acceptors (Lipinski definition) is 6. The van der Waals surface area contributed by atoms with Crippen LogP contribution in [0.3, 0.4) is 0 Å². The van der Waals surface area contributed by atoms with E-state index in [4.69, 9.17) is 16.4 Å². The Balaban J connectivity index is 1.76. The van der Waals surface area contributed by atoms with Crippen LogP contribution in [-0.4, -0.2) is 54.5 Å². The average molecular weight is 410 g/mol. The van der Waals surface area contributed by atoms with E-state index in [9.17, 15) is 13.2 Å². The first-order chi connectivity index (χ1) is 12.8. The van der Waals surface area contributed by atoms with Crippen LogP contribution in [0.15, 0.2) is 47.4 Å². The van der Waals surface area contributed by atoms with Gasteiger partial charge in [0.05, 0.1) is 4.90 Å². The highest BCUT2D eigenvalue weighted by atomic mass is 35.5. The van der Waals surface area contributed by atoms with Crippen molar-refractivity contribution in [1.29, 1.82) is 0 Å². The maximum absolute atomic E-state index is 12.3. The molecule has 0 bridgehead atoms. The number of carbonyl (C=O) groups excluding carboxylic acids is 1. The first kappa shape index (κ1) is 19.1. The van der Waals surface area contributed by atoms with Gasteiger partial charge < -0.3 is 10.2 Å². The second kappa shape index (κ2) is 7.51. The van der Waals surface area contributed by atoms with Gasteiger partial charge in [0, 0.05) is 24.8 Å². The van der Waals surface area contributed by atoms with E-state index in [0.717, 1.165) is 9.15 Å². The number of halogens is 1. The van der Waals surface area contributed by atoms with Crippen molar-refractivity contribution in [3.05, 3.63) is 47.5 Å². The summed E-state index contributed by atoms with van der Waals surface area (Å²) >= 11 is 5.87. The second-order valence-corrected chi connectivity index (χ2v) is 8.32. The molecule has 3 rings (SSSR count). The van der Waals surface area contributed by atoms with Crippen LogP contribution in [0.2, 0.25) is 5.02 Å². The SMILES string of the molecule is CN(C)S(=O)(=O)c1ccc2nnn(OCC(=O)Nc3cccc(Cl)c3)c2c1. The van der Waals surface area contributed by atoms with Crippen molar-refractivity contribution < 1.29 is 18.0 Å². The predicted octanol–water partition coefficient (Wildman–Crippen LogP) is 1.40. The monoisotopic (exact) mass is 409 g/mol. The van der Waals surface area contributed by atoms with Crippen molar-refractivity contribution in [2.75, 3.05) is 26.0 Å². The molecule has 0 radical (unpaired) electrons. The molecule has 0 fully saturated rings. The van der Waals surface area contributed by atoms with Crippen molar-refractivity contribution in [2.45, 2.75) is 4.90 Å². The van der Waals surface area contributed by atoms with Crippen LogP contribution in [0.5, 0.6) is 0 Å². The summed E-state index contributed by atoms with van der Waals surface area (Å²) in [5.74, 6) is -0.432. The molecule has 1 N–H and O–H groups in total. The minimum Gasteiger partial charge on any atom is -0.385 e. The standard InChI is InChI=1S/C16H16ClN5O4S/c1-21(2)27(24,25)13-6-7-14-15(9-13)22(20-19-14)26-10-16(23)18-12-5-3-4-11(17)8-12/h3-9H,10H2,1-2H3,(H,18,23). The summed E-state index contributed by atoms with van der Waals surface area (Å²) in [5.41, 5.74) is 1.29. The lowest BCUT2D eigenvalue weighted by atomic mass is 10.3. The zero-order valence-electron chi connectivity index (χ0n) is 14.5. The number of nitrogens with one attached hydrogen (secondary N) is 1. The van der Waals surface area contributed by atoms with Crippen LogP contribution in [0.25, 0.3) is 11.0 Å². The van der Waals surface area contributed by atoms with Gasteiger partial charge in [-0.15, -0.1) is 5.10 Å². The van der Waals surface area contributed by atoms with Gasteiger partial charge in [0.1, 0.15) is 11.0 Å². The van der Waals surface area contributed by atoms with E-state index < -0.39 is 15.9 Å². The number of anilines is 1. The number of nitrogens with zero attached hydrogens (tertiary/aromatic N) is 4. The number of hydrogen-bond donors (Lipinski definition) is 1. The Hall–Kier alpha value is -2.69. The lowest BCUT2D eigenvalue weighted by Crippen LogP contribution is -2.26. The summed E-state index contributed by atoms with van der Waals surface area (Å²) in [6, 6.07) is 11.0. The Morgan fingerprint density at radius 3 is 2.74 bits per heavy atom. The van der Waals surface area contributed by atoms with Gasteiger partial charge in [0.25, 0.3) is 5.91 Å². The molecule has 2 aromatic carbocycles. The molecule has 0 atom stereocenters. The van der Waals surface area contributed by atoms with E-state index in [0.29, 0.717) is 21.7 Å². The maximum Gasteiger partial charge on any atom is 0.265 e. The highest BCUT2D eigenvalue weighted by Gasteiger charge is 2.19. The van der Waals surface area contributed by atoms with Crippen LogP contribution in [0, 0.1) is 0 Å². The third-order valence-corrected chi connectivity index (χ3v) is 5.64. The summed E-state index contributed by atoms with van der Waals surface area (Å²) in [4.78, 5) is 18.4. The molecular formula is C16H16ClN5O4S. The molecule has 0 spiro atoms. The highest BCUT2D eigenvalue weighted by molar-refractivity contribution is 7.89. The van der Waals surface area contributed by atoms with Gasteiger partial charge in [0.15, 0.2) is 6.61 Å². The summed E-state index contributed by atoms with van der Waals surface area (Å²) in [6.07, 6.45) is 0. The fraction of sp³-hybridized carbons (Fsp3) is 0.188. The zero-order valence-corrected chi connectivity index (χ0v) is 16.0. The van der Waals surface area contributed by atoms with Gasteiger partial charge >= 0.3 is 0 Å². The smallest absolute Gasteiger partial charge is 0.265 e. The van der Waals surface area contributed by atoms with Gasteiger partial charge in [-0.2, -0.15) is 0 Å². The molecule has 0 aliphatic carbocycles. The molecule has 0 aliphatic heterocycles. The number of benzene rings is 2. The third-order valence-electron chi connectivity index (χ3n) is 3.59. The quantitative estimate of drug-likeness (QED) is 0.659. The molecule has 1 amide bonds. The van der Waals surface area contributed by atoms with E-state index in [1.165, 1.54) is 32.3 Å². The van der Waals surface area contributed by atoms with Crippen LogP contribution in [0.4, 0.5) is 5.69 Å². The van der Waals surface area contributed by atoms with E-state index in [-0.39, 0.29) is 11.5 Å². The molecule has 11 heteroatoms. The van der Waals surface area contributed by atoms with Crippen molar-refractivity contribution in [1.82, 2.24) is 19.5 Å². The molecule has 0 unspecified atom stereocenters. The molecule has 0 aliphatic rings. The van der Waals surface area contributed by atoms with E-state index in [1.807, 2.05) is 0 Å². The number of carbonyl (C=O) groups is 1. The summed E-state index contributed by atoms with van der Waals surface area (Å²) in [6.45, 7) is -0.352. The van der Waals surface area contributed by atoms with Gasteiger partial charge in [-0.1, -0.05) is 22.5 Å². The summed E-state index contributed by atoms with van der Waals surface area (Å²) in [7, 11) is -0.749. The van der Waals surface area contributed by atoms with Crippen LogP contribution in [0.1, 0.15) is 0 Å². The Morgan fingerprint density at radius 1 is 1.26 bits per heavy atom. The number of fused-ring (bicyclic) bond motifs is 1. The first-order valence-corrected chi connectivity index (χ1v) is 9.56. The van der Waals surface area contributed by atoms with Gasteiger partial charge in [0.2, 0.25) is 10.0 Å². The number of aromatic nitrogens is 3. The fourth-order valence-corrected chi connectivity index (χ4v) is 3.34. The summed E-state index contributed by atoms with van der Waals surface area (Å²) < 4.78 is 25.6. The molecule has 1 aromatic heterocycles. The van der Waals surface area contributed by atoms with Gasteiger partial charge in [-0.3, -0.25) is 4.79 Å². The normalized spacial score (nSPS) is 11.7. The molecular weight excluding hydrogens is 394 g/mol. The van der Waals surface area contributed by atoms with E-state index in [1.54, 1.807) is 24.3 Å². The molecule has 0 saturated heterocycles. The minimum atomic E-state index is -3.62. The van der Waals surface area contributed by atoms with Crippen molar-refractivity contribution in [3.63, 3.8) is 0 Å². The van der Waals surface area contributed by atoms with Crippen LogP contribution >= 0.6 is 11.6 Å². The number of amides is 1. The second-order valence-electron chi connectivity index (χ2n) is 5.73. The highest BCUT2D eigenvalue weighted by Crippen LogP contribution is 2.19. The molecule has 9 nitrogen and oxygen atoms in total. The van der Waals surface area contributed by atoms with E-state index >= 15 is 0 Å². The minimum absolute atomic E-state index is 0.0653. The van der Waals surface area contributed by atoms with Crippen LogP contribution in [-0.2, 0) is 14.8 Å². The third kappa shape index (κ3) is 4.18. The molecule has 1 heterocycles. The first-order valence-electron chi connectivity index (χ1n) is 7.74. The molecule has 27 heavy (non-hydrogen) atoms. The van der Waals surface area contributed by atoms with Crippen molar-refractivity contribution in [3.8, 4) is 0 Å². The van der Waals surface area contributed by atoms with Gasteiger partial charge in [-0.25, -0.2) is 12.7 Å². The Labute approximate surface area is 160 Å². The lowest BCUT2D eigenvalue weighted by Gasteiger charge is -2.11. The Bertz CT molecular complexity index is 1100. The fourth-order valence-electron chi connectivity index (χ4n) is 2.23. The Kier molecular flexibility index (Phi) is 5.31. The van der Waals surface area contributed by atoms with E-state index in [2.05, 4.69) is 15.6 Å². The maximum atomic E-state index is 12.3. The largest absolute Gasteiger partial charge is 0.385 e. The topological polar surface area (TPSA) is 106 Å². The molecule has 0 saturated carbocycles. The van der Waals surface area contributed by atoms with Crippen LogP contribution < -0.4 is 10.2 Å². The van der Waals surface area contributed by atoms with Crippen molar-refractivity contribution >= 4 is 44.3 Å². The molecule has 3 aromatic rings. The predicted molar refractivity (Wildman–Crippen MR) is 99.9 cm³/mol. The Morgan fingerprint density at radius 2 is 2.04 bits per heavy atom. The zero-order chi connectivity index (χ0) is 19.6. The lowest BCUT2D eigenvalue weighted by molar-refractivity contribution is -0.121. The summed E-state index contributed by atoms with van der Waals surface area (Å²) in [5, 5.41) is 10.8. The molecule has 142 valence electrons. The number of rotatable bonds is 6. The van der Waals surface area contributed by atoms with Crippen molar-refractivity contribution in [2.24, 2.45) is 0 Å². The average Bonchev–Trinajstić information content (AvgIpc) is 3.02.